The van der Waals surface area contributed by atoms with Gasteiger partial charge in [0.25, 0.3) is 0 Å². The standard InChI is InChI=1S/C4H7N3OS/c1-3-5-4(7-6-3)9-8-2/h1-2H3,(H,5,6,7). The van der Waals surface area contributed by atoms with Crippen LogP contribution in [0.2, 0.25) is 0 Å². The highest BCUT2D eigenvalue weighted by atomic mass is 32.2. The summed E-state index contributed by atoms with van der Waals surface area (Å²) in [5.41, 5.74) is 0. The highest BCUT2D eigenvalue weighted by Gasteiger charge is 1.97. The number of hydrogen-bond donors (Lipinski definition) is 1. The molecule has 0 saturated heterocycles. The summed E-state index contributed by atoms with van der Waals surface area (Å²) in [7, 11) is 1.58. The number of nitrogens with one attached hydrogen (secondary N) is 1. The van der Waals surface area contributed by atoms with Gasteiger partial charge in [0.2, 0.25) is 5.16 Å². The summed E-state index contributed by atoms with van der Waals surface area (Å²) in [5, 5.41) is 7.12. The molecular weight excluding hydrogens is 138 g/mol. The van der Waals surface area contributed by atoms with E-state index in [-0.39, 0.29) is 0 Å². The second-order valence-electron chi connectivity index (χ2n) is 1.45. The molecule has 0 unspecified atom stereocenters. The molecule has 0 atom stereocenters. The van der Waals surface area contributed by atoms with Crippen molar-refractivity contribution in [2.24, 2.45) is 0 Å². The molecule has 0 saturated carbocycles. The first-order chi connectivity index (χ1) is 4.33. The lowest BCUT2D eigenvalue weighted by atomic mass is 10.8. The van der Waals surface area contributed by atoms with E-state index in [9.17, 15) is 0 Å². The zero-order valence-electron chi connectivity index (χ0n) is 5.21. The first-order valence-corrected chi connectivity index (χ1v) is 3.17. The molecule has 0 amide bonds. The lowest BCUT2D eigenvalue weighted by Crippen LogP contribution is -1.73. The molecule has 0 radical (unpaired) electrons. The van der Waals surface area contributed by atoms with Gasteiger partial charge in [-0.1, -0.05) is 0 Å². The van der Waals surface area contributed by atoms with Gasteiger partial charge in [-0.25, -0.2) is 4.98 Å². The Labute approximate surface area is 57.2 Å². The molecule has 0 bridgehead atoms. The molecule has 1 aromatic heterocycles. The van der Waals surface area contributed by atoms with Crippen molar-refractivity contribution in [3.05, 3.63) is 5.82 Å². The Morgan fingerprint density at radius 1 is 1.67 bits per heavy atom. The van der Waals surface area contributed by atoms with Crippen LogP contribution in [0.4, 0.5) is 0 Å². The van der Waals surface area contributed by atoms with Crippen LogP contribution in [0.3, 0.4) is 0 Å². The number of H-pyrrole nitrogens is 1. The predicted molar refractivity (Wildman–Crippen MR) is 34.0 cm³/mol. The summed E-state index contributed by atoms with van der Waals surface area (Å²) in [6, 6.07) is 0. The Kier molecular flexibility index (Phi) is 2.07. The van der Waals surface area contributed by atoms with Crippen LogP contribution in [-0.4, -0.2) is 22.3 Å². The third-order valence-electron chi connectivity index (χ3n) is 0.735. The molecule has 0 spiro atoms. The summed E-state index contributed by atoms with van der Waals surface area (Å²) in [6.45, 7) is 1.84. The molecule has 1 heterocycles. The normalized spacial score (nSPS) is 10.0. The van der Waals surface area contributed by atoms with Crippen LogP contribution in [0.1, 0.15) is 5.82 Å². The smallest absolute Gasteiger partial charge is 0.235 e. The molecule has 50 valence electrons. The van der Waals surface area contributed by atoms with E-state index in [1.807, 2.05) is 6.92 Å². The quantitative estimate of drug-likeness (QED) is 0.624. The van der Waals surface area contributed by atoms with Gasteiger partial charge in [0.1, 0.15) is 5.82 Å². The van der Waals surface area contributed by atoms with Crippen LogP contribution >= 0.6 is 12.0 Å². The van der Waals surface area contributed by atoms with Crippen molar-refractivity contribution >= 4 is 12.0 Å². The Morgan fingerprint density at radius 3 is 2.89 bits per heavy atom. The molecule has 1 N–H and O–H groups in total. The number of rotatable bonds is 2. The average molecular weight is 145 g/mol. The SMILES string of the molecule is COSc1n[nH]c(C)n1. The molecule has 0 aliphatic heterocycles. The van der Waals surface area contributed by atoms with Crippen LogP contribution in [-0.2, 0) is 4.18 Å². The molecule has 0 aliphatic carbocycles. The van der Waals surface area contributed by atoms with E-state index in [1.54, 1.807) is 7.11 Å². The largest absolute Gasteiger partial charge is 0.311 e. The number of aromatic amines is 1. The highest BCUT2D eigenvalue weighted by molar-refractivity contribution is 7.94. The number of hydrogen-bond acceptors (Lipinski definition) is 4. The summed E-state index contributed by atoms with van der Waals surface area (Å²) >= 11 is 1.14. The van der Waals surface area contributed by atoms with Crippen molar-refractivity contribution in [2.45, 2.75) is 12.1 Å². The lowest BCUT2D eigenvalue weighted by molar-refractivity contribution is 0.486. The second kappa shape index (κ2) is 2.84. The van der Waals surface area contributed by atoms with Gasteiger partial charge in [0.05, 0.1) is 19.2 Å². The van der Waals surface area contributed by atoms with E-state index < -0.39 is 0 Å². The number of nitrogens with zero attached hydrogens (tertiary/aromatic N) is 2. The molecule has 1 rings (SSSR count). The molecule has 4 nitrogen and oxygen atoms in total. The monoisotopic (exact) mass is 145 g/mol. The molecule has 5 heteroatoms. The van der Waals surface area contributed by atoms with Crippen molar-refractivity contribution in [3.63, 3.8) is 0 Å². The maximum absolute atomic E-state index is 4.71. The van der Waals surface area contributed by atoms with Gasteiger partial charge in [-0.15, -0.1) is 5.10 Å². The van der Waals surface area contributed by atoms with Gasteiger partial charge >= 0.3 is 0 Å². The van der Waals surface area contributed by atoms with E-state index >= 15 is 0 Å². The van der Waals surface area contributed by atoms with Crippen molar-refractivity contribution < 1.29 is 4.18 Å². The van der Waals surface area contributed by atoms with Gasteiger partial charge in [0, 0.05) is 0 Å². The molecule has 0 fully saturated rings. The van der Waals surface area contributed by atoms with Gasteiger partial charge in [0.15, 0.2) is 0 Å². The van der Waals surface area contributed by atoms with Crippen LogP contribution < -0.4 is 0 Å². The van der Waals surface area contributed by atoms with E-state index in [0.717, 1.165) is 17.9 Å². The van der Waals surface area contributed by atoms with E-state index in [1.165, 1.54) is 0 Å². The van der Waals surface area contributed by atoms with Gasteiger partial charge in [-0.2, -0.15) is 0 Å². The van der Waals surface area contributed by atoms with Crippen molar-refractivity contribution in [3.8, 4) is 0 Å². The molecule has 1 aromatic rings. The Morgan fingerprint density at radius 2 is 2.44 bits per heavy atom. The first kappa shape index (κ1) is 6.57. The topological polar surface area (TPSA) is 50.8 Å². The van der Waals surface area contributed by atoms with Crippen LogP contribution in [0.25, 0.3) is 0 Å². The Balaban J connectivity index is 2.61. The minimum atomic E-state index is 0.620. The minimum absolute atomic E-state index is 0.620. The van der Waals surface area contributed by atoms with E-state index in [2.05, 4.69) is 15.2 Å². The third-order valence-corrected chi connectivity index (χ3v) is 1.23. The molecule has 0 aromatic carbocycles. The lowest BCUT2D eigenvalue weighted by Gasteiger charge is -1.84. The zero-order valence-corrected chi connectivity index (χ0v) is 6.03. The molecular formula is C4H7N3OS. The predicted octanol–water partition coefficient (Wildman–Crippen LogP) is 0.767. The van der Waals surface area contributed by atoms with E-state index in [4.69, 9.17) is 4.18 Å². The maximum Gasteiger partial charge on any atom is 0.235 e. The summed E-state index contributed by atoms with van der Waals surface area (Å²) < 4.78 is 4.71. The Bertz CT molecular complexity index is 188. The summed E-state index contributed by atoms with van der Waals surface area (Å²) in [4.78, 5) is 3.97. The first-order valence-electron chi connectivity index (χ1n) is 2.42. The highest BCUT2D eigenvalue weighted by Crippen LogP contribution is 2.10. The van der Waals surface area contributed by atoms with Gasteiger partial charge in [-0.05, 0) is 6.92 Å². The third kappa shape index (κ3) is 1.69. The fourth-order valence-corrected chi connectivity index (χ4v) is 0.840. The van der Waals surface area contributed by atoms with Crippen molar-refractivity contribution in [1.29, 1.82) is 0 Å². The number of aromatic nitrogens is 3. The van der Waals surface area contributed by atoms with E-state index in [0.29, 0.717) is 5.16 Å². The van der Waals surface area contributed by atoms with Crippen molar-refractivity contribution in [2.75, 3.05) is 7.11 Å². The number of aryl methyl sites for hydroxylation is 1. The summed E-state index contributed by atoms with van der Waals surface area (Å²) in [6.07, 6.45) is 0. The minimum Gasteiger partial charge on any atom is -0.311 e. The summed E-state index contributed by atoms with van der Waals surface area (Å²) in [5.74, 6) is 0.801. The average Bonchev–Trinajstić information content (AvgIpc) is 2.17. The van der Waals surface area contributed by atoms with Crippen LogP contribution in [0, 0.1) is 6.92 Å². The maximum atomic E-state index is 4.71. The zero-order chi connectivity index (χ0) is 6.69. The molecule has 9 heavy (non-hydrogen) atoms. The fraction of sp³-hybridized carbons (Fsp3) is 0.500. The van der Waals surface area contributed by atoms with Crippen molar-refractivity contribution in [1.82, 2.24) is 15.2 Å². The van der Waals surface area contributed by atoms with Crippen LogP contribution in [0.5, 0.6) is 0 Å². The fourth-order valence-electron chi connectivity index (χ4n) is 0.434. The van der Waals surface area contributed by atoms with Gasteiger partial charge < -0.3 is 4.18 Å². The molecule has 0 aliphatic rings. The van der Waals surface area contributed by atoms with Crippen LogP contribution in [0.15, 0.2) is 5.16 Å². The Hall–Kier alpha value is -0.550. The second-order valence-corrected chi connectivity index (χ2v) is 2.32. The van der Waals surface area contributed by atoms with Gasteiger partial charge in [-0.3, -0.25) is 5.10 Å².